The van der Waals surface area contributed by atoms with E-state index in [1.165, 1.54) is 0 Å². The molecule has 5 nitrogen and oxygen atoms in total. The summed E-state index contributed by atoms with van der Waals surface area (Å²) in [4.78, 5) is 14.6. The van der Waals surface area contributed by atoms with Crippen LogP contribution in [-0.2, 0) is 5.41 Å². The highest BCUT2D eigenvalue weighted by atomic mass is 16.1. The van der Waals surface area contributed by atoms with Gasteiger partial charge < -0.3 is 10.2 Å². The first-order valence-corrected chi connectivity index (χ1v) is 8.36. The van der Waals surface area contributed by atoms with Crippen molar-refractivity contribution in [2.75, 3.05) is 23.3 Å². The Morgan fingerprint density at radius 1 is 1.04 bits per heavy atom. The lowest BCUT2D eigenvalue weighted by molar-refractivity contribution is 0.102. The molecule has 0 atom stereocenters. The van der Waals surface area contributed by atoms with Crippen molar-refractivity contribution in [1.82, 2.24) is 10.2 Å². The van der Waals surface area contributed by atoms with Crippen molar-refractivity contribution < 1.29 is 4.79 Å². The second-order valence-electron chi connectivity index (χ2n) is 6.70. The van der Waals surface area contributed by atoms with Crippen LogP contribution in [0.3, 0.4) is 0 Å². The van der Waals surface area contributed by atoms with Gasteiger partial charge in [0.15, 0.2) is 11.5 Å². The zero-order valence-corrected chi connectivity index (χ0v) is 15.1. The number of carbonyl (C=O) groups is 1. The van der Waals surface area contributed by atoms with Crippen molar-refractivity contribution in [2.45, 2.75) is 40.0 Å². The van der Waals surface area contributed by atoms with E-state index in [9.17, 15) is 4.79 Å². The molecule has 2 rings (SSSR count). The van der Waals surface area contributed by atoms with Crippen LogP contribution in [0.5, 0.6) is 0 Å². The van der Waals surface area contributed by atoms with Gasteiger partial charge in [0.05, 0.1) is 0 Å². The molecule has 1 aromatic carbocycles. The van der Waals surface area contributed by atoms with E-state index >= 15 is 0 Å². The van der Waals surface area contributed by atoms with Gasteiger partial charge in [0.2, 0.25) is 0 Å². The molecule has 0 radical (unpaired) electrons. The van der Waals surface area contributed by atoms with Gasteiger partial charge in [-0.2, -0.15) is 0 Å². The molecule has 24 heavy (non-hydrogen) atoms. The molecule has 0 unspecified atom stereocenters. The van der Waals surface area contributed by atoms with Crippen molar-refractivity contribution in [1.29, 1.82) is 0 Å². The topological polar surface area (TPSA) is 58.1 Å². The van der Waals surface area contributed by atoms with Crippen LogP contribution in [0.4, 0.5) is 11.5 Å². The number of anilines is 2. The maximum absolute atomic E-state index is 12.5. The molecule has 0 aliphatic carbocycles. The fraction of sp³-hybridized carbons (Fsp3) is 0.421. The normalized spacial score (nSPS) is 11.2. The summed E-state index contributed by atoms with van der Waals surface area (Å²) in [7, 11) is 0. The van der Waals surface area contributed by atoms with Crippen LogP contribution in [0.2, 0.25) is 0 Å². The number of rotatable bonds is 5. The van der Waals surface area contributed by atoms with Gasteiger partial charge in [-0.25, -0.2) is 0 Å². The number of nitrogens with zero attached hydrogens (tertiary/aromatic N) is 3. The van der Waals surface area contributed by atoms with E-state index in [4.69, 9.17) is 0 Å². The van der Waals surface area contributed by atoms with E-state index in [2.05, 4.69) is 55.0 Å². The minimum atomic E-state index is -0.245. The molecular weight excluding hydrogens is 300 g/mol. The number of hydrogen-bond donors (Lipinski definition) is 1. The van der Waals surface area contributed by atoms with Gasteiger partial charge in [-0.3, -0.25) is 4.79 Å². The lowest BCUT2D eigenvalue weighted by Crippen LogP contribution is -2.24. The van der Waals surface area contributed by atoms with Gasteiger partial charge in [0.25, 0.3) is 5.91 Å². The maximum atomic E-state index is 12.5. The second kappa shape index (κ2) is 7.43. The molecule has 0 aliphatic rings. The van der Waals surface area contributed by atoms with E-state index in [1.54, 1.807) is 6.07 Å². The summed E-state index contributed by atoms with van der Waals surface area (Å²) in [5.74, 6) is 0.539. The Hall–Kier alpha value is -2.43. The molecule has 2 aromatic rings. The lowest BCUT2D eigenvalue weighted by atomic mass is 9.86. The molecule has 1 aromatic heterocycles. The summed E-state index contributed by atoms with van der Waals surface area (Å²) in [6, 6.07) is 11.4. The first-order chi connectivity index (χ1) is 11.4. The standard InChI is InChI=1S/C19H26N4O/c1-6-23(7-2)17-13-12-16(21-22-17)18(24)20-15-11-9-8-10-14(15)19(3,4)5/h8-13H,6-7H2,1-5H3,(H,20,24). The largest absolute Gasteiger partial charge is 0.356 e. The van der Waals surface area contributed by atoms with Gasteiger partial charge in [-0.1, -0.05) is 39.0 Å². The minimum absolute atomic E-state index is 0.0534. The molecule has 0 spiro atoms. The van der Waals surface area contributed by atoms with Crippen molar-refractivity contribution in [3.05, 3.63) is 47.7 Å². The highest BCUT2D eigenvalue weighted by molar-refractivity contribution is 6.03. The van der Waals surface area contributed by atoms with Crippen LogP contribution in [0.15, 0.2) is 36.4 Å². The zero-order chi connectivity index (χ0) is 17.7. The molecule has 0 bridgehead atoms. The van der Waals surface area contributed by atoms with E-state index in [1.807, 2.05) is 30.3 Å². The maximum Gasteiger partial charge on any atom is 0.276 e. The molecule has 1 N–H and O–H groups in total. The number of aromatic nitrogens is 2. The predicted octanol–water partition coefficient (Wildman–Crippen LogP) is 3.87. The average molecular weight is 326 g/mol. The summed E-state index contributed by atoms with van der Waals surface area (Å²) in [6.45, 7) is 12.2. The molecular formula is C19H26N4O. The Kier molecular flexibility index (Phi) is 5.54. The van der Waals surface area contributed by atoms with Crippen molar-refractivity contribution in [3.8, 4) is 0 Å². The molecule has 128 valence electrons. The Labute approximate surface area is 144 Å². The molecule has 0 saturated carbocycles. The quantitative estimate of drug-likeness (QED) is 0.906. The Bertz CT molecular complexity index is 685. The Morgan fingerprint density at radius 3 is 2.25 bits per heavy atom. The SMILES string of the molecule is CCN(CC)c1ccc(C(=O)Nc2ccccc2C(C)(C)C)nn1. The summed E-state index contributed by atoms with van der Waals surface area (Å²) in [5, 5.41) is 11.2. The van der Waals surface area contributed by atoms with Crippen LogP contribution < -0.4 is 10.2 Å². The first kappa shape index (κ1) is 17.9. The highest BCUT2D eigenvalue weighted by Gasteiger charge is 2.19. The Morgan fingerprint density at radius 2 is 1.71 bits per heavy atom. The highest BCUT2D eigenvalue weighted by Crippen LogP contribution is 2.29. The van der Waals surface area contributed by atoms with Crippen LogP contribution in [0, 0.1) is 0 Å². The molecule has 1 heterocycles. The molecule has 0 saturated heterocycles. The van der Waals surface area contributed by atoms with Crippen molar-refractivity contribution in [2.24, 2.45) is 0 Å². The first-order valence-electron chi connectivity index (χ1n) is 8.36. The number of hydrogen-bond acceptors (Lipinski definition) is 4. The lowest BCUT2D eigenvalue weighted by Gasteiger charge is -2.23. The van der Waals surface area contributed by atoms with Crippen LogP contribution in [-0.4, -0.2) is 29.2 Å². The number of carbonyl (C=O) groups excluding carboxylic acids is 1. The fourth-order valence-electron chi connectivity index (χ4n) is 2.60. The van der Waals surface area contributed by atoms with E-state index < -0.39 is 0 Å². The van der Waals surface area contributed by atoms with Gasteiger partial charge in [0.1, 0.15) is 0 Å². The van der Waals surface area contributed by atoms with Crippen molar-refractivity contribution >= 4 is 17.4 Å². The van der Waals surface area contributed by atoms with E-state index in [0.717, 1.165) is 30.2 Å². The molecule has 1 amide bonds. The van der Waals surface area contributed by atoms with Crippen LogP contribution in [0.1, 0.15) is 50.7 Å². The van der Waals surface area contributed by atoms with E-state index in [0.29, 0.717) is 5.69 Å². The number of nitrogens with one attached hydrogen (secondary N) is 1. The monoisotopic (exact) mass is 326 g/mol. The predicted molar refractivity (Wildman–Crippen MR) is 98.7 cm³/mol. The summed E-state index contributed by atoms with van der Waals surface area (Å²) in [5.41, 5.74) is 2.16. The van der Waals surface area contributed by atoms with Crippen LogP contribution >= 0.6 is 0 Å². The fourth-order valence-corrected chi connectivity index (χ4v) is 2.60. The summed E-state index contributed by atoms with van der Waals surface area (Å²) in [6.07, 6.45) is 0. The van der Waals surface area contributed by atoms with E-state index in [-0.39, 0.29) is 11.3 Å². The molecule has 5 heteroatoms. The van der Waals surface area contributed by atoms with Gasteiger partial charge >= 0.3 is 0 Å². The Balaban J connectivity index is 2.19. The zero-order valence-electron chi connectivity index (χ0n) is 15.1. The third-order valence-corrected chi connectivity index (χ3v) is 3.95. The average Bonchev–Trinajstić information content (AvgIpc) is 2.56. The van der Waals surface area contributed by atoms with Gasteiger partial charge in [-0.15, -0.1) is 10.2 Å². The number of amides is 1. The smallest absolute Gasteiger partial charge is 0.276 e. The summed E-state index contributed by atoms with van der Waals surface area (Å²) < 4.78 is 0. The minimum Gasteiger partial charge on any atom is -0.356 e. The summed E-state index contributed by atoms with van der Waals surface area (Å²) >= 11 is 0. The number of benzene rings is 1. The van der Waals surface area contributed by atoms with Gasteiger partial charge in [-0.05, 0) is 43.0 Å². The second-order valence-corrected chi connectivity index (χ2v) is 6.70. The van der Waals surface area contributed by atoms with Crippen LogP contribution in [0.25, 0.3) is 0 Å². The number of para-hydroxylation sites is 1. The van der Waals surface area contributed by atoms with Crippen molar-refractivity contribution in [3.63, 3.8) is 0 Å². The molecule has 0 aliphatic heterocycles. The third kappa shape index (κ3) is 4.10. The van der Waals surface area contributed by atoms with Gasteiger partial charge in [0, 0.05) is 18.8 Å². The third-order valence-electron chi connectivity index (χ3n) is 3.95. The molecule has 0 fully saturated rings.